The Hall–Kier alpha value is -1.78. The van der Waals surface area contributed by atoms with Gasteiger partial charge in [0, 0.05) is 19.0 Å². The van der Waals surface area contributed by atoms with Gasteiger partial charge in [0.05, 0.1) is 18.7 Å². The number of carbonyl (C=O) groups excluding carboxylic acids is 2. The van der Waals surface area contributed by atoms with Crippen LogP contribution in [-0.2, 0) is 16.1 Å². The van der Waals surface area contributed by atoms with E-state index in [1.807, 2.05) is 13.0 Å². The number of amides is 2. The van der Waals surface area contributed by atoms with Crippen LogP contribution in [-0.4, -0.2) is 29.3 Å². The number of carbonyl (C=O) groups is 2. The van der Waals surface area contributed by atoms with Crippen LogP contribution in [0.1, 0.15) is 33.0 Å². The molecule has 0 radical (unpaired) electrons. The van der Waals surface area contributed by atoms with Crippen molar-refractivity contribution in [3.8, 4) is 0 Å². The van der Waals surface area contributed by atoms with E-state index >= 15 is 0 Å². The fraction of sp³-hybridized carbons (Fsp3) is 0.600. The van der Waals surface area contributed by atoms with Crippen LogP contribution in [0.3, 0.4) is 0 Å². The number of likely N-dealkylation sites (tertiary alicyclic amines) is 1. The molecule has 2 heterocycles. The van der Waals surface area contributed by atoms with Gasteiger partial charge in [0.15, 0.2) is 0 Å². The van der Waals surface area contributed by atoms with E-state index in [4.69, 9.17) is 4.42 Å². The summed E-state index contributed by atoms with van der Waals surface area (Å²) in [5.41, 5.74) is 0. The average molecular weight is 278 g/mol. The van der Waals surface area contributed by atoms with E-state index in [1.165, 1.54) is 0 Å². The molecule has 0 spiro atoms. The molecule has 2 rings (SSSR count). The molecule has 1 fully saturated rings. The first-order valence-corrected chi connectivity index (χ1v) is 7.08. The van der Waals surface area contributed by atoms with Gasteiger partial charge in [0.1, 0.15) is 5.76 Å². The number of furan rings is 1. The maximum atomic E-state index is 12.1. The zero-order valence-corrected chi connectivity index (χ0v) is 12.3. The van der Waals surface area contributed by atoms with Crippen LogP contribution in [0.15, 0.2) is 22.8 Å². The van der Waals surface area contributed by atoms with Gasteiger partial charge in [-0.15, -0.1) is 0 Å². The molecular formula is C15H22N2O3. The minimum Gasteiger partial charge on any atom is -0.467 e. The molecule has 0 bridgehead atoms. The molecule has 20 heavy (non-hydrogen) atoms. The van der Waals surface area contributed by atoms with Crippen LogP contribution in [0.25, 0.3) is 0 Å². The lowest BCUT2D eigenvalue weighted by atomic mass is 10.0. The fourth-order valence-corrected chi connectivity index (χ4v) is 2.20. The van der Waals surface area contributed by atoms with Crippen LogP contribution in [0.4, 0.5) is 0 Å². The van der Waals surface area contributed by atoms with Crippen molar-refractivity contribution in [3.63, 3.8) is 0 Å². The largest absolute Gasteiger partial charge is 0.467 e. The molecule has 1 saturated heterocycles. The predicted molar refractivity (Wildman–Crippen MR) is 74.7 cm³/mol. The third-order valence-electron chi connectivity index (χ3n) is 3.88. The Kier molecular flexibility index (Phi) is 4.47. The van der Waals surface area contributed by atoms with Crippen molar-refractivity contribution in [3.05, 3.63) is 24.2 Å². The molecule has 2 atom stereocenters. The summed E-state index contributed by atoms with van der Waals surface area (Å²) in [6, 6.07) is 3.75. The van der Waals surface area contributed by atoms with Gasteiger partial charge in [-0.1, -0.05) is 13.8 Å². The number of hydrogen-bond acceptors (Lipinski definition) is 3. The van der Waals surface area contributed by atoms with Crippen molar-refractivity contribution >= 4 is 11.8 Å². The Bertz CT molecular complexity index is 467. The lowest BCUT2D eigenvalue weighted by Gasteiger charge is -2.20. The molecule has 0 aromatic carbocycles. The number of nitrogens with zero attached hydrogens (tertiary/aromatic N) is 1. The maximum absolute atomic E-state index is 12.1. The first kappa shape index (κ1) is 14.6. The highest BCUT2D eigenvalue weighted by atomic mass is 16.3. The van der Waals surface area contributed by atoms with Gasteiger partial charge in [0.25, 0.3) is 0 Å². The molecule has 1 aromatic heterocycles. The minimum absolute atomic E-state index is 0.0127. The highest BCUT2D eigenvalue weighted by Crippen LogP contribution is 2.21. The second-order valence-electron chi connectivity index (χ2n) is 5.80. The molecular weight excluding hydrogens is 256 g/mol. The Labute approximate surface area is 119 Å². The molecule has 110 valence electrons. The summed E-state index contributed by atoms with van der Waals surface area (Å²) in [7, 11) is 0. The Morgan fingerprint density at radius 3 is 2.85 bits per heavy atom. The number of hydrogen-bond donors (Lipinski definition) is 1. The van der Waals surface area contributed by atoms with E-state index in [2.05, 4.69) is 19.2 Å². The summed E-state index contributed by atoms with van der Waals surface area (Å²) in [5.74, 6) is 0.865. The van der Waals surface area contributed by atoms with Gasteiger partial charge in [-0.2, -0.15) is 0 Å². The standard InChI is InChI=1S/C15H22N2O3/c1-10(2)11(3)16-15(19)12-7-14(18)17(8-12)9-13-5-4-6-20-13/h4-6,10-12H,7-9H2,1-3H3,(H,16,19). The molecule has 5 heteroatoms. The summed E-state index contributed by atoms with van der Waals surface area (Å²) >= 11 is 0. The summed E-state index contributed by atoms with van der Waals surface area (Å²) in [5, 5.41) is 2.98. The highest BCUT2D eigenvalue weighted by Gasteiger charge is 2.35. The first-order chi connectivity index (χ1) is 9.47. The van der Waals surface area contributed by atoms with Crippen molar-refractivity contribution < 1.29 is 14.0 Å². The molecule has 1 aliphatic rings. The van der Waals surface area contributed by atoms with Crippen LogP contribution in [0.2, 0.25) is 0 Å². The molecule has 0 aliphatic carbocycles. The van der Waals surface area contributed by atoms with E-state index < -0.39 is 0 Å². The lowest BCUT2D eigenvalue weighted by molar-refractivity contribution is -0.129. The van der Waals surface area contributed by atoms with Crippen LogP contribution in [0.5, 0.6) is 0 Å². The van der Waals surface area contributed by atoms with Gasteiger partial charge in [0.2, 0.25) is 11.8 Å². The molecule has 0 saturated carbocycles. The van der Waals surface area contributed by atoms with Crippen molar-refractivity contribution in [1.82, 2.24) is 10.2 Å². The summed E-state index contributed by atoms with van der Waals surface area (Å²) in [4.78, 5) is 25.8. The normalized spacial score (nSPS) is 20.5. The van der Waals surface area contributed by atoms with Crippen LogP contribution in [0, 0.1) is 11.8 Å². The quantitative estimate of drug-likeness (QED) is 0.893. The van der Waals surface area contributed by atoms with Crippen molar-refractivity contribution in [2.24, 2.45) is 11.8 Å². The summed E-state index contributed by atoms with van der Waals surface area (Å²) < 4.78 is 5.24. The third-order valence-corrected chi connectivity index (χ3v) is 3.88. The van der Waals surface area contributed by atoms with Gasteiger partial charge < -0.3 is 14.6 Å². The average Bonchev–Trinajstić information content (AvgIpc) is 3.00. The van der Waals surface area contributed by atoms with Crippen LogP contribution < -0.4 is 5.32 Å². The van der Waals surface area contributed by atoms with Gasteiger partial charge in [-0.05, 0) is 25.0 Å². The number of rotatable bonds is 5. The molecule has 2 unspecified atom stereocenters. The van der Waals surface area contributed by atoms with Gasteiger partial charge in [-0.3, -0.25) is 9.59 Å². The van der Waals surface area contributed by atoms with E-state index in [9.17, 15) is 9.59 Å². The Balaban J connectivity index is 1.89. The SMILES string of the molecule is CC(C)C(C)NC(=O)C1CC(=O)N(Cc2ccco2)C1. The second kappa shape index (κ2) is 6.11. The Morgan fingerprint density at radius 2 is 2.25 bits per heavy atom. The smallest absolute Gasteiger partial charge is 0.225 e. The van der Waals surface area contributed by atoms with E-state index in [0.29, 0.717) is 19.0 Å². The monoisotopic (exact) mass is 278 g/mol. The maximum Gasteiger partial charge on any atom is 0.225 e. The second-order valence-corrected chi connectivity index (χ2v) is 5.80. The predicted octanol–water partition coefficient (Wildman–Crippen LogP) is 1.79. The molecule has 1 N–H and O–H groups in total. The molecule has 1 aromatic rings. The zero-order valence-electron chi connectivity index (χ0n) is 12.3. The zero-order chi connectivity index (χ0) is 14.7. The van der Waals surface area contributed by atoms with Crippen molar-refractivity contribution in [1.29, 1.82) is 0 Å². The topological polar surface area (TPSA) is 62.6 Å². The minimum atomic E-state index is -0.251. The van der Waals surface area contributed by atoms with E-state index in [0.717, 1.165) is 5.76 Å². The lowest BCUT2D eigenvalue weighted by Crippen LogP contribution is -2.40. The third kappa shape index (κ3) is 3.40. The highest BCUT2D eigenvalue weighted by molar-refractivity contribution is 5.89. The summed E-state index contributed by atoms with van der Waals surface area (Å²) in [6.07, 6.45) is 1.88. The fourth-order valence-electron chi connectivity index (χ4n) is 2.20. The molecule has 1 aliphatic heterocycles. The first-order valence-electron chi connectivity index (χ1n) is 7.08. The molecule has 2 amide bonds. The van der Waals surface area contributed by atoms with Gasteiger partial charge in [-0.25, -0.2) is 0 Å². The van der Waals surface area contributed by atoms with E-state index in [1.54, 1.807) is 17.2 Å². The van der Waals surface area contributed by atoms with Crippen molar-refractivity contribution in [2.45, 2.75) is 39.8 Å². The molecule has 5 nitrogen and oxygen atoms in total. The van der Waals surface area contributed by atoms with Crippen LogP contribution >= 0.6 is 0 Å². The summed E-state index contributed by atoms with van der Waals surface area (Å²) in [6.45, 7) is 7.02. The Morgan fingerprint density at radius 1 is 1.50 bits per heavy atom. The van der Waals surface area contributed by atoms with Gasteiger partial charge >= 0.3 is 0 Å². The van der Waals surface area contributed by atoms with E-state index in [-0.39, 0.29) is 30.2 Å². The number of nitrogens with one attached hydrogen (secondary N) is 1. The van der Waals surface area contributed by atoms with Crippen molar-refractivity contribution in [2.75, 3.05) is 6.54 Å².